The molecule has 300 valence electrons. The van der Waals surface area contributed by atoms with E-state index in [0.717, 1.165) is 103 Å². The summed E-state index contributed by atoms with van der Waals surface area (Å²) in [5, 5.41) is 24.0. The number of carbonyl (C=O) groups excluding carboxylic acids is 2. The molecule has 0 rings (SSSR count). The van der Waals surface area contributed by atoms with E-state index in [1.807, 2.05) is 0 Å². The fraction of sp³-hybridized carbons (Fsp3) is 0.952. The van der Waals surface area contributed by atoms with Crippen LogP contribution in [0.15, 0.2) is 0 Å². The standard InChI is InChI=1S/2C21H43NO3/c2*1-2-3-4-5-6-7-8-9-15-20-25-21(24)16-11-10-12-17-22-18-13-14-19-23/h2*22-23H,2-20H2,1H3. The Labute approximate surface area is 310 Å². The molecule has 0 aromatic carbocycles. The molecule has 0 aliphatic heterocycles. The highest BCUT2D eigenvalue weighted by molar-refractivity contribution is 5.69. The van der Waals surface area contributed by atoms with Crippen molar-refractivity contribution in [2.24, 2.45) is 0 Å². The zero-order valence-corrected chi connectivity index (χ0v) is 33.4. The molecular weight excluding hydrogens is 628 g/mol. The second-order valence-corrected chi connectivity index (χ2v) is 14.1. The summed E-state index contributed by atoms with van der Waals surface area (Å²) in [6, 6.07) is 0. The quantitative estimate of drug-likeness (QED) is 0.0366. The molecule has 0 unspecified atom stereocenters. The molecule has 8 nitrogen and oxygen atoms in total. The molecule has 0 bridgehead atoms. The number of carbonyl (C=O) groups is 2. The summed E-state index contributed by atoms with van der Waals surface area (Å²) in [5.74, 6) is -0.0639. The minimum atomic E-state index is -0.0320. The van der Waals surface area contributed by atoms with Crippen LogP contribution >= 0.6 is 0 Å². The largest absolute Gasteiger partial charge is 0.466 e. The van der Waals surface area contributed by atoms with E-state index in [4.69, 9.17) is 19.7 Å². The molecule has 0 aromatic rings. The molecule has 0 spiro atoms. The molecular formula is C42H86N2O6. The Bertz CT molecular complexity index is 598. The number of hydrogen-bond donors (Lipinski definition) is 4. The molecule has 0 saturated heterocycles. The van der Waals surface area contributed by atoms with Gasteiger partial charge in [0.15, 0.2) is 0 Å². The van der Waals surface area contributed by atoms with Gasteiger partial charge in [0, 0.05) is 26.1 Å². The van der Waals surface area contributed by atoms with Gasteiger partial charge in [-0.15, -0.1) is 0 Å². The molecule has 50 heavy (non-hydrogen) atoms. The van der Waals surface area contributed by atoms with Crippen LogP contribution in [0.3, 0.4) is 0 Å². The Morgan fingerprint density at radius 2 is 0.660 bits per heavy atom. The number of aliphatic hydroxyl groups is 2. The van der Waals surface area contributed by atoms with Gasteiger partial charge in [-0.2, -0.15) is 0 Å². The zero-order chi connectivity index (χ0) is 36.9. The first-order chi connectivity index (χ1) is 24.6. The van der Waals surface area contributed by atoms with E-state index in [0.29, 0.717) is 26.1 Å². The van der Waals surface area contributed by atoms with Crippen molar-refractivity contribution < 1.29 is 29.3 Å². The Balaban J connectivity index is 0. The predicted octanol–water partition coefficient (Wildman–Crippen LogP) is 9.97. The fourth-order valence-corrected chi connectivity index (χ4v) is 5.71. The van der Waals surface area contributed by atoms with Crippen LogP contribution < -0.4 is 10.6 Å². The van der Waals surface area contributed by atoms with Crippen LogP contribution in [0.5, 0.6) is 0 Å². The maximum atomic E-state index is 11.6. The molecule has 0 atom stereocenters. The van der Waals surface area contributed by atoms with E-state index in [9.17, 15) is 9.59 Å². The van der Waals surface area contributed by atoms with Gasteiger partial charge in [-0.05, 0) is 90.4 Å². The first kappa shape index (κ1) is 50.9. The summed E-state index contributed by atoms with van der Waals surface area (Å²) in [7, 11) is 0. The van der Waals surface area contributed by atoms with E-state index in [-0.39, 0.29) is 25.2 Å². The number of aliphatic hydroxyl groups excluding tert-OH is 2. The van der Waals surface area contributed by atoms with Crippen molar-refractivity contribution in [3.63, 3.8) is 0 Å². The average Bonchev–Trinajstić information content (AvgIpc) is 3.12. The number of nitrogens with one attached hydrogen (secondary N) is 2. The molecule has 0 fully saturated rings. The average molecular weight is 715 g/mol. The molecule has 0 radical (unpaired) electrons. The highest BCUT2D eigenvalue weighted by atomic mass is 16.5. The van der Waals surface area contributed by atoms with Gasteiger partial charge in [-0.25, -0.2) is 0 Å². The summed E-state index contributed by atoms with van der Waals surface area (Å²) in [5.41, 5.74) is 0. The summed E-state index contributed by atoms with van der Waals surface area (Å²) < 4.78 is 10.6. The van der Waals surface area contributed by atoms with Gasteiger partial charge < -0.3 is 30.3 Å². The Kier molecular flexibility index (Phi) is 48.6. The van der Waals surface area contributed by atoms with Crippen LogP contribution in [0.2, 0.25) is 0 Å². The second-order valence-electron chi connectivity index (χ2n) is 14.1. The van der Waals surface area contributed by atoms with Crippen molar-refractivity contribution in [2.75, 3.05) is 52.6 Å². The van der Waals surface area contributed by atoms with Gasteiger partial charge in [0.05, 0.1) is 13.2 Å². The van der Waals surface area contributed by atoms with Gasteiger partial charge in [0.25, 0.3) is 0 Å². The lowest BCUT2D eigenvalue weighted by atomic mass is 10.1. The normalized spacial score (nSPS) is 11.0. The number of rotatable bonds is 40. The summed E-state index contributed by atoms with van der Waals surface area (Å²) in [4.78, 5) is 23.2. The van der Waals surface area contributed by atoms with Crippen LogP contribution in [-0.4, -0.2) is 74.8 Å². The third kappa shape index (κ3) is 48.9. The van der Waals surface area contributed by atoms with E-state index >= 15 is 0 Å². The van der Waals surface area contributed by atoms with E-state index in [2.05, 4.69) is 24.5 Å². The lowest BCUT2D eigenvalue weighted by Crippen LogP contribution is -2.17. The summed E-state index contributed by atoms with van der Waals surface area (Å²) >= 11 is 0. The van der Waals surface area contributed by atoms with Gasteiger partial charge >= 0.3 is 11.9 Å². The van der Waals surface area contributed by atoms with Crippen LogP contribution in [0.1, 0.15) is 206 Å². The second kappa shape index (κ2) is 47.8. The minimum absolute atomic E-state index is 0.0320. The number of unbranched alkanes of at least 4 members (excludes halogenated alkanes) is 22. The molecule has 8 heteroatoms. The Hall–Kier alpha value is -1.22. The lowest BCUT2D eigenvalue weighted by Gasteiger charge is -2.06. The highest BCUT2D eigenvalue weighted by Gasteiger charge is 2.04. The van der Waals surface area contributed by atoms with Gasteiger partial charge in [-0.3, -0.25) is 9.59 Å². The molecule has 0 aliphatic rings. The third-order valence-electron chi connectivity index (χ3n) is 9.01. The first-order valence-corrected chi connectivity index (χ1v) is 21.6. The maximum Gasteiger partial charge on any atom is 0.305 e. The number of esters is 2. The summed E-state index contributed by atoms with van der Waals surface area (Å²) in [6.07, 6.45) is 34.3. The van der Waals surface area contributed by atoms with Crippen molar-refractivity contribution >= 4 is 11.9 Å². The van der Waals surface area contributed by atoms with Crippen LogP contribution in [-0.2, 0) is 19.1 Å². The monoisotopic (exact) mass is 715 g/mol. The molecule has 0 aromatic heterocycles. The van der Waals surface area contributed by atoms with Crippen LogP contribution in [0.25, 0.3) is 0 Å². The molecule has 4 N–H and O–H groups in total. The lowest BCUT2D eigenvalue weighted by molar-refractivity contribution is -0.144. The van der Waals surface area contributed by atoms with Crippen molar-refractivity contribution in [3.8, 4) is 0 Å². The zero-order valence-electron chi connectivity index (χ0n) is 33.4. The van der Waals surface area contributed by atoms with Crippen LogP contribution in [0, 0.1) is 0 Å². The van der Waals surface area contributed by atoms with E-state index in [1.54, 1.807) is 0 Å². The highest BCUT2D eigenvalue weighted by Crippen LogP contribution is 2.11. The molecule has 0 aliphatic carbocycles. The third-order valence-corrected chi connectivity index (χ3v) is 9.01. The predicted molar refractivity (Wildman–Crippen MR) is 212 cm³/mol. The molecule has 0 heterocycles. The van der Waals surface area contributed by atoms with Crippen molar-refractivity contribution in [3.05, 3.63) is 0 Å². The van der Waals surface area contributed by atoms with Crippen LogP contribution in [0.4, 0.5) is 0 Å². The SMILES string of the molecule is CCCCCCCCCCCOC(=O)CCCCCNCCCCO.CCCCCCCCCCCOC(=O)CCCCCNCCCCO. The maximum absolute atomic E-state index is 11.6. The first-order valence-electron chi connectivity index (χ1n) is 21.6. The van der Waals surface area contributed by atoms with E-state index in [1.165, 1.54) is 103 Å². The topological polar surface area (TPSA) is 117 Å². The number of ether oxygens (including phenoxy) is 2. The van der Waals surface area contributed by atoms with Gasteiger partial charge in [0.2, 0.25) is 0 Å². The van der Waals surface area contributed by atoms with Crippen molar-refractivity contribution in [1.29, 1.82) is 0 Å². The molecule has 0 amide bonds. The minimum Gasteiger partial charge on any atom is -0.466 e. The van der Waals surface area contributed by atoms with Crippen molar-refractivity contribution in [2.45, 2.75) is 206 Å². The van der Waals surface area contributed by atoms with E-state index < -0.39 is 0 Å². The fourth-order valence-electron chi connectivity index (χ4n) is 5.71. The Morgan fingerprint density at radius 1 is 0.380 bits per heavy atom. The Morgan fingerprint density at radius 3 is 0.980 bits per heavy atom. The van der Waals surface area contributed by atoms with Gasteiger partial charge in [-0.1, -0.05) is 129 Å². The number of hydrogen-bond acceptors (Lipinski definition) is 8. The van der Waals surface area contributed by atoms with Gasteiger partial charge in [0.1, 0.15) is 0 Å². The summed E-state index contributed by atoms with van der Waals surface area (Å²) in [6.45, 7) is 10.2. The smallest absolute Gasteiger partial charge is 0.305 e. The molecule has 0 saturated carbocycles. The van der Waals surface area contributed by atoms with Crippen molar-refractivity contribution in [1.82, 2.24) is 10.6 Å².